The van der Waals surface area contributed by atoms with Crippen LogP contribution in [0, 0.1) is 0 Å². The number of pyridine rings is 1. The second-order valence-corrected chi connectivity index (χ2v) is 11.2. The van der Waals surface area contributed by atoms with E-state index >= 15 is 0 Å². The molecule has 10 nitrogen and oxygen atoms in total. The van der Waals surface area contributed by atoms with Crippen LogP contribution in [0.4, 0.5) is 5.82 Å². The molecule has 0 bridgehead atoms. The number of sulfonamides is 1. The third kappa shape index (κ3) is 4.10. The number of fused-ring (bicyclic) bond motifs is 2. The van der Waals surface area contributed by atoms with Gasteiger partial charge in [-0.15, -0.1) is 0 Å². The van der Waals surface area contributed by atoms with Crippen molar-refractivity contribution in [2.24, 2.45) is 0 Å². The van der Waals surface area contributed by atoms with E-state index in [2.05, 4.69) is 39.3 Å². The normalized spacial score (nSPS) is 15.7. The van der Waals surface area contributed by atoms with E-state index in [4.69, 9.17) is 10.8 Å². The first-order valence-corrected chi connectivity index (χ1v) is 13.7. The number of benzene rings is 1. The molecule has 0 amide bonds. The van der Waals surface area contributed by atoms with E-state index in [1.54, 1.807) is 10.5 Å². The number of nitrogens with two attached hydrogens (primary N) is 1. The van der Waals surface area contributed by atoms with Gasteiger partial charge in [0.2, 0.25) is 10.0 Å². The van der Waals surface area contributed by atoms with Gasteiger partial charge in [-0.25, -0.2) is 22.2 Å². The molecule has 184 valence electrons. The predicted molar refractivity (Wildman–Crippen MR) is 138 cm³/mol. The summed E-state index contributed by atoms with van der Waals surface area (Å²) >= 11 is 0. The van der Waals surface area contributed by atoms with Gasteiger partial charge in [-0.05, 0) is 42.7 Å². The summed E-state index contributed by atoms with van der Waals surface area (Å²) < 4.78 is 29.2. The smallest absolute Gasteiger partial charge is 0.211 e. The fraction of sp³-hybridized carbons (Fsp3) is 0.280. The average molecular weight is 503 g/mol. The molecule has 11 heteroatoms. The highest BCUT2D eigenvalue weighted by Crippen LogP contribution is 2.37. The Morgan fingerprint density at radius 2 is 1.92 bits per heavy atom. The number of piperidine rings is 1. The van der Waals surface area contributed by atoms with Crippen LogP contribution in [0.3, 0.4) is 0 Å². The number of nitrogen functional groups attached to an aromatic ring is 1. The third-order valence-electron chi connectivity index (χ3n) is 6.87. The first-order chi connectivity index (χ1) is 17.4. The Kier molecular flexibility index (Phi) is 5.45. The molecule has 36 heavy (non-hydrogen) atoms. The number of aromatic nitrogens is 6. The van der Waals surface area contributed by atoms with E-state index in [9.17, 15) is 8.42 Å². The van der Waals surface area contributed by atoms with Gasteiger partial charge in [0, 0.05) is 48.0 Å². The maximum atomic E-state index is 12.0. The van der Waals surface area contributed by atoms with E-state index in [1.165, 1.54) is 12.6 Å². The fourth-order valence-electron chi connectivity index (χ4n) is 5.06. The van der Waals surface area contributed by atoms with Gasteiger partial charge >= 0.3 is 0 Å². The molecule has 6 rings (SSSR count). The van der Waals surface area contributed by atoms with Crippen LogP contribution in [0.25, 0.3) is 27.5 Å². The van der Waals surface area contributed by atoms with Crippen molar-refractivity contribution in [3.63, 3.8) is 0 Å². The largest absolute Gasteiger partial charge is 0.382 e. The molecule has 5 heterocycles. The molecule has 0 radical (unpaired) electrons. The van der Waals surface area contributed by atoms with Crippen LogP contribution in [0.15, 0.2) is 61.2 Å². The minimum absolute atomic E-state index is 0.167. The second-order valence-electron chi connectivity index (χ2n) is 9.25. The Balaban J connectivity index is 1.37. The maximum absolute atomic E-state index is 12.0. The molecule has 0 atom stereocenters. The third-order valence-corrected chi connectivity index (χ3v) is 8.17. The summed E-state index contributed by atoms with van der Waals surface area (Å²) in [5.74, 6) is 0.570. The Hall–Kier alpha value is -3.83. The summed E-state index contributed by atoms with van der Waals surface area (Å²) in [5, 5.41) is 10.3. The molecule has 2 N–H and O–H groups in total. The predicted octanol–water partition coefficient (Wildman–Crippen LogP) is 2.91. The van der Waals surface area contributed by atoms with Gasteiger partial charge in [0.1, 0.15) is 11.8 Å². The average Bonchev–Trinajstić information content (AvgIpc) is 3.45. The summed E-state index contributed by atoms with van der Waals surface area (Å²) in [6.45, 7) is 1.58. The van der Waals surface area contributed by atoms with Crippen molar-refractivity contribution in [1.82, 2.24) is 33.7 Å². The highest BCUT2D eigenvalue weighted by molar-refractivity contribution is 7.88. The van der Waals surface area contributed by atoms with E-state index in [0.29, 0.717) is 25.5 Å². The quantitative estimate of drug-likeness (QED) is 0.392. The molecule has 1 aromatic carbocycles. The number of anilines is 1. The lowest BCUT2D eigenvalue weighted by Crippen LogP contribution is -2.37. The summed E-state index contributed by atoms with van der Waals surface area (Å²) in [7, 11) is -3.19. The molecular weight excluding hydrogens is 476 g/mol. The maximum Gasteiger partial charge on any atom is 0.211 e. The van der Waals surface area contributed by atoms with Gasteiger partial charge in [0.15, 0.2) is 5.82 Å². The van der Waals surface area contributed by atoms with Crippen LogP contribution in [0.1, 0.15) is 30.1 Å². The second kappa shape index (κ2) is 8.68. The molecule has 1 saturated heterocycles. The standard InChI is InChI=1S/C25H26N8O2S/c1-36(34,35)32-10-7-17(8-11-32)23-13-21(24-25(26)28-16-29-33(23)24)18-5-6-19-14-31(30-22(19)12-18)15-20-4-2-3-9-27-20/h2-6,9,12-14,16-17H,7-8,10-11,15H2,1H3,(H2,26,28,29). The van der Waals surface area contributed by atoms with E-state index < -0.39 is 10.0 Å². The summed E-state index contributed by atoms with van der Waals surface area (Å²) in [6, 6.07) is 14.1. The first-order valence-electron chi connectivity index (χ1n) is 11.8. The minimum atomic E-state index is -3.19. The van der Waals surface area contributed by atoms with E-state index in [1.807, 2.05) is 33.6 Å². The zero-order valence-corrected chi connectivity index (χ0v) is 20.6. The van der Waals surface area contributed by atoms with Gasteiger partial charge < -0.3 is 5.73 Å². The molecule has 0 unspecified atom stereocenters. The van der Waals surface area contributed by atoms with Crippen molar-refractivity contribution in [2.45, 2.75) is 25.3 Å². The molecule has 4 aromatic heterocycles. The molecule has 0 saturated carbocycles. The lowest BCUT2D eigenvalue weighted by Gasteiger charge is -2.29. The molecular formula is C25H26N8O2S. The van der Waals surface area contributed by atoms with Gasteiger partial charge in [0.25, 0.3) is 0 Å². The molecule has 0 aliphatic carbocycles. The van der Waals surface area contributed by atoms with Crippen LogP contribution in [-0.4, -0.2) is 61.4 Å². The van der Waals surface area contributed by atoms with Crippen LogP contribution >= 0.6 is 0 Å². The first kappa shape index (κ1) is 22.6. The Morgan fingerprint density at radius 3 is 2.67 bits per heavy atom. The van der Waals surface area contributed by atoms with Crippen LogP contribution in [-0.2, 0) is 16.6 Å². The Morgan fingerprint density at radius 1 is 1.08 bits per heavy atom. The highest BCUT2D eigenvalue weighted by atomic mass is 32.2. The fourth-order valence-corrected chi connectivity index (χ4v) is 5.93. The van der Waals surface area contributed by atoms with Crippen molar-refractivity contribution in [3.05, 3.63) is 72.6 Å². The van der Waals surface area contributed by atoms with E-state index in [-0.39, 0.29) is 5.92 Å². The molecule has 5 aromatic rings. The topological polar surface area (TPSA) is 124 Å². The van der Waals surface area contributed by atoms with Crippen LogP contribution < -0.4 is 5.73 Å². The van der Waals surface area contributed by atoms with Gasteiger partial charge in [-0.2, -0.15) is 10.2 Å². The van der Waals surface area contributed by atoms with Gasteiger partial charge in [-0.1, -0.05) is 18.2 Å². The van der Waals surface area contributed by atoms with Gasteiger partial charge in [0.05, 0.1) is 24.0 Å². The molecule has 0 spiro atoms. The Labute approximate surface area is 208 Å². The zero-order valence-electron chi connectivity index (χ0n) is 19.8. The van der Waals surface area contributed by atoms with Crippen LogP contribution in [0.5, 0.6) is 0 Å². The number of hydrogen-bond donors (Lipinski definition) is 1. The molecule has 1 fully saturated rings. The lowest BCUT2D eigenvalue weighted by molar-refractivity contribution is 0.317. The summed E-state index contributed by atoms with van der Waals surface area (Å²) in [6.07, 6.45) is 7.97. The zero-order chi connectivity index (χ0) is 24.9. The number of rotatable bonds is 5. The van der Waals surface area contributed by atoms with Crippen molar-refractivity contribution in [3.8, 4) is 11.1 Å². The Bertz CT molecular complexity index is 1670. The van der Waals surface area contributed by atoms with Crippen LogP contribution in [0.2, 0.25) is 0 Å². The van der Waals surface area contributed by atoms with Crippen molar-refractivity contribution in [2.75, 3.05) is 25.1 Å². The van der Waals surface area contributed by atoms with Gasteiger partial charge in [-0.3, -0.25) is 9.67 Å². The van der Waals surface area contributed by atoms with Crippen molar-refractivity contribution < 1.29 is 8.42 Å². The SMILES string of the molecule is CS(=O)(=O)N1CCC(c2cc(-c3ccc4cn(Cc5ccccn5)nc4c3)c3c(N)ncnn23)CC1. The lowest BCUT2D eigenvalue weighted by atomic mass is 9.94. The summed E-state index contributed by atoms with van der Waals surface area (Å²) in [4.78, 5) is 8.63. The van der Waals surface area contributed by atoms with Crippen molar-refractivity contribution >= 4 is 32.3 Å². The minimum Gasteiger partial charge on any atom is -0.382 e. The monoisotopic (exact) mass is 502 g/mol. The molecule has 1 aliphatic rings. The van der Waals surface area contributed by atoms with E-state index in [0.717, 1.165) is 51.8 Å². The summed E-state index contributed by atoms with van der Waals surface area (Å²) in [5.41, 5.74) is 11.8. The number of nitrogens with zero attached hydrogens (tertiary/aromatic N) is 7. The van der Waals surface area contributed by atoms with Crippen molar-refractivity contribution in [1.29, 1.82) is 0 Å². The number of hydrogen-bond acceptors (Lipinski definition) is 7. The highest BCUT2D eigenvalue weighted by Gasteiger charge is 2.29. The molecule has 1 aliphatic heterocycles.